The molecule has 28 heavy (non-hydrogen) atoms. The molecule has 1 saturated heterocycles. The number of hydrogen-bond acceptors (Lipinski definition) is 4. The lowest BCUT2D eigenvalue weighted by Gasteiger charge is -2.20. The highest BCUT2D eigenvalue weighted by atomic mass is 127. The van der Waals surface area contributed by atoms with E-state index < -0.39 is 0 Å². The first-order valence-corrected chi connectivity index (χ1v) is 9.98. The first-order chi connectivity index (χ1) is 13.4. The number of aromatic nitrogens is 3. The molecule has 2 heterocycles. The fraction of sp³-hybridized carbons (Fsp3) is 0.550. The van der Waals surface area contributed by atoms with E-state index in [1.807, 2.05) is 34.9 Å². The van der Waals surface area contributed by atoms with Crippen molar-refractivity contribution in [2.24, 2.45) is 4.99 Å². The Kier molecular flexibility index (Phi) is 10.3. The maximum absolute atomic E-state index is 4.31. The predicted octanol–water partition coefficient (Wildman–Crippen LogP) is 2.82. The monoisotopic (exact) mass is 497 g/mol. The minimum absolute atomic E-state index is 0. The van der Waals surface area contributed by atoms with Crippen LogP contribution in [0.25, 0.3) is 5.69 Å². The summed E-state index contributed by atoms with van der Waals surface area (Å²) in [7, 11) is 1.80. The third kappa shape index (κ3) is 7.05. The average Bonchev–Trinajstić information content (AvgIpc) is 3.03. The number of nitrogens with one attached hydrogen (secondary N) is 2. The van der Waals surface area contributed by atoms with Crippen molar-refractivity contribution in [1.29, 1.82) is 0 Å². The fourth-order valence-corrected chi connectivity index (χ4v) is 3.44. The molecule has 1 aromatic carbocycles. The Balaban J connectivity index is 0.00000280. The number of para-hydroxylation sites is 1. The summed E-state index contributed by atoms with van der Waals surface area (Å²) in [6.07, 6.45) is 8.33. The zero-order chi connectivity index (χ0) is 18.7. The number of hydrogen-bond donors (Lipinski definition) is 2. The van der Waals surface area contributed by atoms with E-state index in [2.05, 4.69) is 30.7 Å². The molecule has 8 heteroatoms. The Labute approximate surface area is 185 Å². The summed E-state index contributed by atoms with van der Waals surface area (Å²) >= 11 is 0. The van der Waals surface area contributed by atoms with Gasteiger partial charge in [-0.15, -0.1) is 34.2 Å². The molecule has 1 aliphatic rings. The Morgan fingerprint density at radius 1 is 1.07 bits per heavy atom. The highest BCUT2D eigenvalue weighted by molar-refractivity contribution is 14.0. The molecule has 0 aliphatic carbocycles. The van der Waals surface area contributed by atoms with E-state index in [1.54, 1.807) is 13.4 Å². The Morgan fingerprint density at radius 2 is 1.82 bits per heavy atom. The van der Waals surface area contributed by atoms with Gasteiger partial charge in [-0.25, -0.2) is 0 Å². The molecule has 1 aromatic heterocycles. The first-order valence-electron chi connectivity index (χ1n) is 9.98. The van der Waals surface area contributed by atoms with Gasteiger partial charge in [-0.05, 0) is 51.0 Å². The largest absolute Gasteiger partial charge is 0.356 e. The van der Waals surface area contributed by atoms with Gasteiger partial charge in [-0.1, -0.05) is 31.0 Å². The number of nitrogens with zero attached hydrogens (tertiary/aromatic N) is 5. The van der Waals surface area contributed by atoms with Gasteiger partial charge in [-0.2, -0.15) is 0 Å². The van der Waals surface area contributed by atoms with Gasteiger partial charge in [0.1, 0.15) is 6.33 Å². The lowest BCUT2D eigenvalue weighted by atomic mass is 10.2. The maximum Gasteiger partial charge on any atom is 0.191 e. The van der Waals surface area contributed by atoms with Crippen LogP contribution in [-0.4, -0.2) is 58.9 Å². The van der Waals surface area contributed by atoms with Crippen molar-refractivity contribution in [3.05, 3.63) is 42.5 Å². The van der Waals surface area contributed by atoms with E-state index in [-0.39, 0.29) is 24.0 Å². The van der Waals surface area contributed by atoms with E-state index in [9.17, 15) is 0 Å². The molecule has 3 rings (SSSR count). The van der Waals surface area contributed by atoms with Gasteiger partial charge in [0.2, 0.25) is 0 Å². The molecule has 0 bridgehead atoms. The minimum Gasteiger partial charge on any atom is -0.356 e. The van der Waals surface area contributed by atoms with Crippen LogP contribution in [-0.2, 0) is 6.54 Å². The normalized spacial score (nSPS) is 15.5. The van der Waals surface area contributed by atoms with Crippen molar-refractivity contribution in [3.63, 3.8) is 0 Å². The van der Waals surface area contributed by atoms with Crippen LogP contribution in [0.2, 0.25) is 0 Å². The number of guanidine groups is 1. The average molecular weight is 497 g/mol. The fourth-order valence-electron chi connectivity index (χ4n) is 3.44. The Hall–Kier alpha value is -1.68. The van der Waals surface area contributed by atoms with Crippen molar-refractivity contribution in [3.8, 4) is 5.69 Å². The summed E-state index contributed by atoms with van der Waals surface area (Å²) in [6, 6.07) is 10.1. The third-order valence-corrected chi connectivity index (χ3v) is 4.93. The predicted molar refractivity (Wildman–Crippen MR) is 125 cm³/mol. The molecule has 0 spiro atoms. The molecule has 2 aromatic rings. The van der Waals surface area contributed by atoms with Crippen molar-refractivity contribution < 1.29 is 0 Å². The molecule has 154 valence electrons. The molecule has 0 saturated carbocycles. The van der Waals surface area contributed by atoms with E-state index >= 15 is 0 Å². The van der Waals surface area contributed by atoms with E-state index in [1.165, 1.54) is 38.8 Å². The summed E-state index contributed by atoms with van der Waals surface area (Å²) in [5, 5.41) is 15.0. The van der Waals surface area contributed by atoms with Crippen LogP contribution in [0.1, 0.15) is 37.9 Å². The van der Waals surface area contributed by atoms with Crippen LogP contribution < -0.4 is 10.6 Å². The quantitative estimate of drug-likeness (QED) is 0.267. The smallest absolute Gasteiger partial charge is 0.191 e. The number of benzene rings is 1. The number of likely N-dealkylation sites (tertiary alicyclic amines) is 1. The molecular formula is C20H32IN7. The lowest BCUT2D eigenvalue weighted by molar-refractivity contribution is 0.282. The van der Waals surface area contributed by atoms with Crippen LogP contribution in [0.5, 0.6) is 0 Å². The van der Waals surface area contributed by atoms with Gasteiger partial charge in [0.05, 0.1) is 6.54 Å². The van der Waals surface area contributed by atoms with Gasteiger partial charge >= 0.3 is 0 Å². The Morgan fingerprint density at radius 3 is 2.54 bits per heavy atom. The SMILES string of the molecule is CN=C(NCCCN1CCCCCC1)NCc1nncn1-c1ccccc1.I. The minimum atomic E-state index is 0. The van der Waals surface area contributed by atoms with Crippen molar-refractivity contribution in [2.75, 3.05) is 33.2 Å². The summed E-state index contributed by atoms with van der Waals surface area (Å²) in [6.45, 7) is 5.15. The standard InChI is InChI=1S/C20H31N7.HI/c1-21-20(22-12-9-15-26-13-7-2-3-8-14-26)23-16-19-25-24-17-27(19)18-10-5-4-6-11-18;/h4-6,10-11,17H,2-3,7-9,12-16H2,1H3,(H2,21,22,23);1H. The van der Waals surface area contributed by atoms with Crippen molar-refractivity contribution in [1.82, 2.24) is 30.3 Å². The molecule has 0 atom stereocenters. The van der Waals surface area contributed by atoms with Crippen molar-refractivity contribution in [2.45, 2.75) is 38.6 Å². The van der Waals surface area contributed by atoms with Crippen LogP contribution >= 0.6 is 24.0 Å². The highest BCUT2D eigenvalue weighted by Gasteiger charge is 2.09. The van der Waals surface area contributed by atoms with Gasteiger partial charge < -0.3 is 15.5 Å². The second-order valence-electron chi connectivity index (χ2n) is 6.91. The maximum atomic E-state index is 4.31. The van der Waals surface area contributed by atoms with Gasteiger partial charge in [0.25, 0.3) is 0 Å². The van der Waals surface area contributed by atoms with E-state index in [0.29, 0.717) is 6.54 Å². The number of rotatable bonds is 7. The van der Waals surface area contributed by atoms with E-state index in [4.69, 9.17) is 0 Å². The number of aliphatic imine (C=N–C) groups is 1. The molecule has 0 amide bonds. The topological polar surface area (TPSA) is 70.4 Å². The summed E-state index contributed by atoms with van der Waals surface area (Å²) in [5.74, 6) is 1.65. The molecule has 0 unspecified atom stereocenters. The molecule has 0 radical (unpaired) electrons. The molecule has 1 fully saturated rings. The third-order valence-electron chi connectivity index (χ3n) is 4.93. The van der Waals surface area contributed by atoms with Crippen LogP contribution in [0, 0.1) is 0 Å². The molecule has 7 nitrogen and oxygen atoms in total. The van der Waals surface area contributed by atoms with E-state index in [0.717, 1.165) is 37.0 Å². The molecular weight excluding hydrogens is 465 g/mol. The van der Waals surface area contributed by atoms with Crippen molar-refractivity contribution >= 4 is 29.9 Å². The second kappa shape index (κ2) is 12.7. The molecule has 2 N–H and O–H groups in total. The summed E-state index contributed by atoms with van der Waals surface area (Å²) in [5.41, 5.74) is 1.06. The lowest BCUT2D eigenvalue weighted by Crippen LogP contribution is -2.39. The number of halogens is 1. The molecule has 1 aliphatic heterocycles. The van der Waals surface area contributed by atoms with Gasteiger partial charge in [-0.3, -0.25) is 9.56 Å². The Bertz CT molecular complexity index is 694. The van der Waals surface area contributed by atoms with Crippen LogP contribution in [0.4, 0.5) is 0 Å². The summed E-state index contributed by atoms with van der Waals surface area (Å²) < 4.78 is 1.99. The van der Waals surface area contributed by atoms with Crippen LogP contribution in [0.15, 0.2) is 41.7 Å². The summed E-state index contributed by atoms with van der Waals surface area (Å²) in [4.78, 5) is 6.90. The highest BCUT2D eigenvalue weighted by Crippen LogP contribution is 2.10. The zero-order valence-electron chi connectivity index (χ0n) is 16.7. The van der Waals surface area contributed by atoms with Gasteiger partial charge in [0.15, 0.2) is 11.8 Å². The van der Waals surface area contributed by atoms with Gasteiger partial charge in [0, 0.05) is 19.3 Å². The zero-order valence-corrected chi connectivity index (χ0v) is 19.0. The first kappa shape index (κ1) is 22.6. The second-order valence-corrected chi connectivity index (χ2v) is 6.91. The van der Waals surface area contributed by atoms with Crippen LogP contribution in [0.3, 0.4) is 0 Å².